The molecule has 2 aromatic carbocycles. The highest BCUT2D eigenvalue weighted by atomic mass is 35.5. The van der Waals surface area contributed by atoms with E-state index in [1.807, 2.05) is 59.2 Å². The molecule has 0 unspecified atom stereocenters. The van der Waals surface area contributed by atoms with Gasteiger partial charge in [-0.15, -0.1) is 12.4 Å². The average Bonchev–Trinajstić information content (AvgIpc) is 3.00. The van der Waals surface area contributed by atoms with Gasteiger partial charge in [-0.25, -0.2) is 14.4 Å². The summed E-state index contributed by atoms with van der Waals surface area (Å²) in [5, 5.41) is 0. The molecule has 0 N–H and O–H groups in total. The summed E-state index contributed by atoms with van der Waals surface area (Å²) < 4.78 is 15.8. The maximum atomic E-state index is 13.8. The standard InChI is InChI=1S/C20H14FN3.ClH/c21-16-8-2-1-7-15(16)12-13-20-23-17-9-3-4-10-18(17)24(20)19-11-5-6-14-22-19;/h1-14H;1H/b13-12+;. The van der Waals surface area contributed by atoms with Gasteiger partial charge in [0.25, 0.3) is 0 Å². The van der Waals surface area contributed by atoms with Crippen LogP contribution in [0.4, 0.5) is 4.39 Å². The maximum absolute atomic E-state index is 13.8. The minimum atomic E-state index is -0.255. The molecule has 2 aromatic heterocycles. The summed E-state index contributed by atoms with van der Waals surface area (Å²) in [7, 11) is 0. The number of rotatable bonds is 3. The van der Waals surface area contributed by atoms with Crippen LogP contribution in [0, 0.1) is 5.82 Å². The smallest absolute Gasteiger partial charge is 0.139 e. The number of hydrogen-bond donors (Lipinski definition) is 0. The normalized spacial score (nSPS) is 10.9. The van der Waals surface area contributed by atoms with Gasteiger partial charge < -0.3 is 0 Å². The van der Waals surface area contributed by atoms with Crippen molar-refractivity contribution in [1.82, 2.24) is 14.5 Å². The Morgan fingerprint density at radius 1 is 0.840 bits per heavy atom. The van der Waals surface area contributed by atoms with Gasteiger partial charge in [0, 0.05) is 11.8 Å². The highest BCUT2D eigenvalue weighted by Crippen LogP contribution is 2.22. The molecule has 0 saturated carbocycles. The molecule has 0 radical (unpaired) electrons. The van der Waals surface area contributed by atoms with Crippen molar-refractivity contribution in [2.45, 2.75) is 0 Å². The van der Waals surface area contributed by atoms with Gasteiger partial charge in [-0.1, -0.05) is 36.4 Å². The van der Waals surface area contributed by atoms with E-state index in [0.717, 1.165) is 16.9 Å². The van der Waals surface area contributed by atoms with Crippen molar-refractivity contribution >= 4 is 35.6 Å². The van der Waals surface area contributed by atoms with Crippen LogP contribution in [0.5, 0.6) is 0 Å². The third-order valence-corrected chi connectivity index (χ3v) is 3.78. The fourth-order valence-corrected chi connectivity index (χ4v) is 2.66. The van der Waals surface area contributed by atoms with E-state index in [4.69, 9.17) is 0 Å². The summed E-state index contributed by atoms with van der Waals surface area (Å²) in [4.78, 5) is 9.07. The molecule has 3 nitrogen and oxygen atoms in total. The molecule has 0 aliphatic carbocycles. The first kappa shape index (κ1) is 16.9. The van der Waals surface area contributed by atoms with E-state index in [9.17, 15) is 4.39 Å². The highest BCUT2D eigenvalue weighted by molar-refractivity contribution is 5.85. The van der Waals surface area contributed by atoms with E-state index in [1.54, 1.807) is 24.4 Å². The monoisotopic (exact) mass is 351 g/mol. The van der Waals surface area contributed by atoms with Gasteiger partial charge in [0.1, 0.15) is 17.5 Å². The summed E-state index contributed by atoms with van der Waals surface area (Å²) in [6, 6.07) is 20.3. The van der Waals surface area contributed by atoms with Gasteiger partial charge in [-0.2, -0.15) is 0 Å². The second kappa shape index (κ2) is 7.28. The Balaban J connectivity index is 0.00000182. The summed E-state index contributed by atoms with van der Waals surface area (Å²) in [5.74, 6) is 1.23. The van der Waals surface area contributed by atoms with Crippen molar-refractivity contribution < 1.29 is 4.39 Å². The lowest BCUT2D eigenvalue weighted by molar-refractivity contribution is 0.625. The van der Waals surface area contributed by atoms with Crippen LogP contribution in [0.2, 0.25) is 0 Å². The molecular weight excluding hydrogens is 337 g/mol. The largest absolute Gasteiger partial charge is 0.277 e. The quantitative estimate of drug-likeness (QED) is 0.511. The molecule has 0 amide bonds. The zero-order valence-electron chi connectivity index (χ0n) is 13.2. The molecular formula is C20H15ClFN3. The van der Waals surface area contributed by atoms with Crippen molar-refractivity contribution in [3.8, 4) is 5.82 Å². The third kappa shape index (κ3) is 3.30. The third-order valence-electron chi connectivity index (χ3n) is 3.78. The summed E-state index contributed by atoms with van der Waals surface area (Å²) in [5.41, 5.74) is 2.36. The number of halogens is 2. The number of hydrogen-bond acceptors (Lipinski definition) is 2. The number of para-hydroxylation sites is 2. The lowest BCUT2D eigenvalue weighted by atomic mass is 10.2. The minimum Gasteiger partial charge on any atom is -0.277 e. The highest BCUT2D eigenvalue weighted by Gasteiger charge is 2.10. The summed E-state index contributed by atoms with van der Waals surface area (Å²) in [6.07, 6.45) is 5.29. The lowest BCUT2D eigenvalue weighted by Crippen LogP contribution is -1.99. The fourth-order valence-electron chi connectivity index (χ4n) is 2.66. The van der Waals surface area contributed by atoms with Crippen molar-refractivity contribution in [1.29, 1.82) is 0 Å². The molecule has 124 valence electrons. The van der Waals surface area contributed by atoms with Crippen LogP contribution >= 0.6 is 12.4 Å². The second-order valence-electron chi connectivity index (χ2n) is 5.34. The number of benzene rings is 2. The molecule has 0 bridgehead atoms. The lowest BCUT2D eigenvalue weighted by Gasteiger charge is -2.05. The van der Waals surface area contributed by atoms with E-state index in [2.05, 4.69) is 9.97 Å². The molecule has 0 fully saturated rings. The zero-order valence-corrected chi connectivity index (χ0v) is 14.0. The average molecular weight is 352 g/mol. The van der Waals surface area contributed by atoms with Crippen LogP contribution < -0.4 is 0 Å². The predicted molar refractivity (Wildman–Crippen MR) is 101 cm³/mol. The Kier molecular flexibility index (Phi) is 4.91. The van der Waals surface area contributed by atoms with Crippen LogP contribution in [0.15, 0.2) is 72.9 Å². The first-order valence-electron chi connectivity index (χ1n) is 7.64. The Hall–Kier alpha value is -2.98. The van der Waals surface area contributed by atoms with E-state index >= 15 is 0 Å². The van der Waals surface area contributed by atoms with Crippen LogP contribution in [0.25, 0.3) is 29.0 Å². The first-order chi connectivity index (χ1) is 11.8. The van der Waals surface area contributed by atoms with Crippen molar-refractivity contribution in [2.24, 2.45) is 0 Å². The number of fused-ring (bicyclic) bond motifs is 1. The minimum absolute atomic E-state index is 0. The summed E-state index contributed by atoms with van der Waals surface area (Å²) >= 11 is 0. The number of pyridine rings is 1. The number of nitrogens with zero attached hydrogens (tertiary/aromatic N) is 3. The van der Waals surface area contributed by atoms with Gasteiger partial charge in [-0.05, 0) is 42.5 Å². The molecule has 25 heavy (non-hydrogen) atoms. The van der Waals surface area contributed by atoms with E-state index < -0.39 is 0 Å². The molecule has 0 saturated heterocycles. The molecule has 5 heteroatoms. The number of aromatic nitrogens is 3. The van der Waals surface area contributed by atoms with Crippen LogP contribution in [-0.4, -0.2) is 14.5 Å². The fraction of sp³-hybridized carbons (Fsp3) is 0. The Morgan fingerprint density at radius 2 is 1.60 bits per heavy atom. The van der Waals surface area contributed by atoms with Crippen molar-refractivity contribution in [3.05, 3.63) is 90.1 Å². The van der Waals surface area contributed by atoms with Crippen LogP contribution in [0.1, 0.15) is 11.4 Å². The van der Waals surface area contributed by atoms with Crippen LogP contribution in [-0.2, 0) is 0 Å². The molecule has 0 aliphatic rings. The van der Waals surface area contributed by atoms with E-state index in [-0.39, 0.29) is 18.2 Å². The Morgan fingerprint density at radius 3 is 2.40 bits per heavy atom. The first-order valence-corrected chi connectivity index (χ1v) is 7.64. The van der Waals surface area contributed by atoms with Gasteiger partial charge in [0.2, 0.25) is 0 Å². The molecule has 0 spiro atoms. The van der Waals surface area contributed by atoms with E-state index in [1.165, 1.54) is 6.07 Å². The Bertz CT molecular complexity index is 1030. The van der Waals surface area contributed by atoms with Crippen LogP contribution in [0.3, 0.4) is 0 Å². The maximum Gasteiger partial charge on any atom is 0.139 e. The van der Waals surface area contributed by atoms with Crippen molar-refractivity contribution in [2.75, 3.05) is 0 Å². The predicted octanol–water partition coefficient (Wildman–Crippen LogP) is 5.15. The van der Waals surface area contributed by atoms with Crippen molar-refractivity contribution in [3.63, 3.8) is 0 Å². The topological polar surface area (TPSA) is 30.7 Å². The molecule has 2 heterocycles. The molecule has 4 rings (SSSR count). The summed E-state index contributed by atoms with van der Waals surface area (Å²) in [6.45, 7) is 0. The molecule has 0 atom stereocenters. The zero-order chi connectivity index (χ0) is 16.4. The molecule has 4 aromatic rings. The molecule has 0 aliphatic heterocycles. The van der Waals surface area contributed by atoms with Gasteiger partial charge >= 0.3 is 0 Å². The second-order valence-corrected chi connectivity index (χ2v) is 5.34. The van der Waals surface area contributed by atoms with E-state index in [0.29, 0.717) is 11.4 Å². The van der Waals surface area contributed by atoms with Gasteiger partial charge in [-0.3, -0.25) is 4.57 Å². The Labute approximate surface area is 150 Å². The van der Waals surface area contributed by atoms with Gasteiger partial charge in [0.05, 0.1) is 11.0 Å². The number of imidazole rings is 1. The van der Waals surface area contributed by atoms with Gasteiger partial charge in [0.15, 0.2) is 0 Å². The SMILES string of the molecule is Cl.Fc1ccccc1/C=C/c1nc2ccccc2n1-c1ccccn1.